The number of nitriles is 1. The number of halogens is 1. The average Bonchev–Trinajstić information content (AvgIpc) is 3.53. The van der Waals surface area contributed by atoms with Crippen LogP contribution in [0.5, 0.6) is 0 Å². The molecule has 5 rings (SSSR count). The summed E-state index contributed by atoms with van der Waals surface area (Å²) in [5, 5.41) is 14.0. The molecule has 2 amide bonds. The first kappa shape index (κ1) is 25.0. The van der Waals surface area contributed by atoms with Crippen molar-refractivity contribution >= 4 is 35.0 Å². The minimum Gasteiger partial charge on any atom is -0.351 e. The van der Waals surface area contributed by atoms with Gasteiger partial charge in [-0.1, -0.05) is 48.5 Å². The van der Waals surface area contributed by atoms with E-state index in [0.717, 1.165) is 28.5 Å². The van der Waals surface area contributed by atoms with Crippen LogP contribution >= 0.6 is 12.4 Å². The number of nitrogens with zero attached hydrogens (tertiary/aromatic N) is 4. The summed E-state index contributed by atoms with van der Waals surface area (Å²) in [6, 6.07) is 23.1. The molecule has 182 valence electrons. The molecular formula is C28H26ClN5O2. The van der Waals surface area contributed by atoms with E-state index in [1.54, 1.807) is 24.7 Å². The molecule has 2 heterocycles. The number of carbonyl (C=O) groups is 2. The number of rotatable bonds is 6. The van der Waals surface area contributed by atoms with Gasteiger partial charge in [0.1, 0.15) is 0 Å². The zero-order chi connectivity index (χ0) is 24.2. The van der Waals surface area contributed by atoms with Crippen LogP contribution in [0.15, 0.2) is 79.3 Å². The van der Waals surface area contributed by atoms with E-state index in [-0.39, 0.29) is 36.7 Å². The molecule has 0 saturated carbocycles. The van der Waals surface area contributed by atoms with Crippen LogP contribution in [0.2, 0.25) is 0 Å². The van der Waals surface area contributed by atoms with Crippen molar-refractivity contribution < 1.29 is 9.59 Å². The third kappa shape index (κ3) is 5.40. The van der Waals surface area contributed by atoms with Crippen LogP contribution in [0.4, 0.5) is 0 Å². The standard InChI is InChI=1S/C28H25N5O2.ClH/c29-15-20-8-10-21(11-9-20)17-33-19-30-16-24(33)14-27(34)31-23-12-13-32(18-23)28(35)26-7-3-5-22-4-1-2-6-25(22)26;/h1-11,16,19,23H,12-14,17-18H2,(H,31,34);1H. The molecule has 36 heavy (non-hydrogen) atoms. The van der Waals surface area contributed by atoms with Gasteiger partial charge in [-0.05, 0) is 41.0 Å². The highest BCUT2D eigenvalue weighted by molar-refractivity contribution is 6.07. The Labute approximate surface area is 215 Å². The number of likely N-dealkylation sites (tertiary alicyclic amines) is 1. The maximum Gasteiger partial charge on any atom is 0.254 e. The van der Waals surface area contributed by atoms with Crippen molar-refractivity contribution in [2.45, 2.75) is 25.4 Å². The average molecular weight is 500 g/mol. The van der Waals surface area contributed by atoms with Gasteiger partial charge in [0.05, 0.1) is 24.4 Å². The summed E-state index contributed by atoms with van der Waals surface area (Å²) in [6.07, 6.45) is 4.35. The van der Waals surface area contributed by atoms with Gasteiger partial charge >= 0.3 is 0 Å². The first-order chi connectivity index (χ1) is 17.1. The summed E-state index contributed by atoms with van der Waals surface area (Å²) in [6.45, 7) is 1.69. The predicted molar refractivity (Wildman–Crippen MR) is 140 cm³/mol. The molecule has 0 aliphatic carbocycles. The Morgan fingerprint density at radius 2 is 1.83 bits per heavy atom. The molecule has 0 bridgehead atoms. The quantitative estimate of drug-likeness (QED) is 0.435. The predicted octanol–water partition coefficient (Wildman–Crippen LogP) is 3.95. The normalized spacial score (nSPS) is 14.8. The highest BCUT2D eigenvalue weighted by Gasteiger charge is 2.28. The van der Waals surface area contributed by atoms with Crippen LogP contribution in [-0.4, -0.2) is 45.4 Å². The van der Waals surface area contributed by atoms with Crippen molar-refractivity contribution in [2.24, 2.45) is 0 Å². The Morgan fingerprint density at radius 3 is 2.64 bits per heavy atom. The number of benzene rings is 3. The van der Waals surface area contributed by atoms with E-state index in [9.17, 15) is 9.59 Å². The summed E-state index contributed by atoms with van der Waals surface area (Å²) in [5.74, 6) is -0.0879. The molecule has 1 atom stereocenters. The van der Waals surface area contributed by atoms with E-state index < -0.39 is 0 Å². The Hall–Kier alpha value is -4.15. The number of hydrogen-bond donors (Lipinski definition) is 1. The largest absolute Gasteiger partial charge is 0.351 e. The summed E-state index contributed by atoms with van der Waals surface area (Å²) in [4.78, 5) is 32.0. The first-order valence-corrected chi connectivity index (χ1v) is 11.6. The van der Waals surface area contributed by atoms with E-state index in [1.165, 1.54) is 0 Å². The van der Waals surface area contributed by atoms with Crippen molar-refractivity contribution in [2.75, 3.05) is 13.1 Å². The molecule has 1 fully saturated rings. The Balaban J connectivity index is 0.00000304. The lowest BCUT2D eigenvalue weighted by molar-refractivity contribution is -0.121. The topological polar surface area (TPSA) is 91.0 Å². The smallest absolute Gasteiger partial charge is 0.254 e. The van der Waals surface area contributed by atoms with Gasteiger partial charge in [0.25, 0.3) is 5.91 Å². The molecule has 3 aromatic carbocycles. The summed E-state index contributed by atoms with van der Waals surface area (Å²) in [5.41, 5.74) is 3.15. The summed E-state index contributed by atoms with van der Waals surface area (Å²) in [7, 11) is 0. The summed E-state index contributed by atoms with van der Waals surface area (Å²) < 4.78 is 1.94. The molecule has 0 spiro atoms. The van der Waals surface area contributed by atoms with E-state index in [2.05, 4.69) is 16.4 Å². The molecule has 1 aromatic heterocycles. The van der Waals surface area contributed by atoms with Crippen molar-refractivity contribution in [1.29, 1.82) is 5.26 Å². The fourth-order valence-electron chi connectivity index (χ4n) is 4.61. The summed E-state index contributed by atoms with van der Waals surface area (Å²) >= 11 is 0. The van der Waals surface area contributed by atoms with E-state index in [1.807, 2.05) is 64.1 Å². The first-order valence-electron chi connectivity index (χ1n) is 11.6. The van der Waals surface area contributed by atoms with Crippen LogP contribution in [-0.2, 0) is 17.8 Å². The van der Waals surface area contributed by atoms with Gasteiger partial charge in [0.15, 0.2) is 0 Å². The van der Waals surface area contributed by atoms with Crippen molar-refractivity contribution in [3.8, 4) is 6.07 Å². The van der Waals surface area contributed by atoms with Gasteiger partial charge in [-0.25, -0.2) is 4.98 Å². The fourth-order valence-corrected chi connectivity index (χ4v) is 4.61. The number of nitrogens with one attached hydrogen (secondary N) is 1. The van der Waals surface area contributed by atoms with E-state index in [4.69, 9.17) is 5.26 Å². The van der Waals surface area contributed by atoms with Crippen LogP contribution in [0.25, 0.3) is 10.8 Å². The molecule has 1 aliphatic rings. The maximum atomic E-state index is 13.2. The van der Waals surface area contributed by atoms with Gasteiger partial charge < -0.3 is 14.8 Å². The van der Waals surface area contributed by atoms with Crippen molar-refractivity contribution in [1.82, 2.24) is 19.8 Å². The van der Waals surface area contributed by atoms with Crippen LogP contribution < -0.4 is 5.32 Å². The monoisotopic (exact) mass is 499 g/mol. The lowest BCUT2D eigenvalue weighted by atomic mass is 10.0. The number of imidazole rings is 1. The number of fused-ring (bicyclic) bond motifs is 1. The number of aromatic nitrogens is 2. The third-order valence-corrected chi connectivity index (χ3v) is 6.44. The Morgan fingerprint density at radius 1 is 1.06 bits per heavy atom. The molecule has 1 saturated heterocycles. The number of amides is 2. The van der Waals surface area contributed by atoms with E-state index >= 15 is 0 Å². The third-order valence-electron chi connectivity index (χ3n) is 6.44. The van der Waals surface area contributed by atoms with Gasteiger partial charge in [-0.2, -0.15) is 5.26 Å². The SMILES string of the molecule is Cl.N#Cc1ccc(Cn2cncc2CC(=O)NC2CCN(C(=O)c3cccc4ccccc34)C2)cc1. The molecule has 1 aliphatic heterocycles. The second kappa shape index (κ2) is 11.1. The van der Waals surface area contributed by atoms with Gasteiger partial charge in [-0.15, -0.1) is 12.4 Å². The second-order valence-electron chi connectivity index (χ2n) is 8.83. The minimum atomic E-state index is -0.0870. The lowest BCUT2D eigenvalue weighted by Gasteiger charge is -2.18. The van der Waals surface area contributed by atoms with Crippen LogP contribution in [0.3, 0.4) is 0 Å². The zero-order valence-corrected chi connectivity index (χ0v) is 20.4. The van der Waals surface area contributed by atoms with Crippen molar-refractivity contribution in [3.63, 3.8) is 0 Å². The molecule has 8 heteroatoms. The van der Waals surface area contributed by atoms with Crippen LogP contribution in [0.1, 0.15) is 33.6 Å². The van der Waals surface area contributed by atoms with Gasteiger partial charge in [0.2, 0.25) is 5.91 Å². The number of hydrogen-bond acceptors (Lipinski definition) is 4. The zero-order valence-electron chi connectivity index (χ0n) is 19.6. The van der Waals surface area contributed by atoms with Gasteiger partial charge in [-0.3, -0.25) is 9.59 Å². The lowest BCUT2D eigenvalue weighted by Crippen LogP contribution is -2.39. The second-order valence-corrected chi connectivity index (χ2v) is 8.83. The maximum absolute atomic E-state index is 13.2. The molecule has 1 N–H and O–H groups in total. The molecule has 4 aromatic rings. The fraction of sp³-hybridized carbons (Fsp3) is 0.214. The molecule has 1 unspecified atom stereocenters. The van der Waals surface area contributed by atoms with Gasteiger partial charge in [0, 0.05) is 43.1 Å². The Bertz CT molecular complexity index is 1420. The highest BCUT2D eigenvalue weighted by Crippen LogP contribution is 2.22. The van der Waals surface area contributed by atoms with E-state index in [0.29, 0.717) is 30.8 Å². The van der Waals surface area contributed by atoms with Crippen LogP contribution in [0, 0.1) is 11.3 Å². The minimum absolute atomic E-state index is 0. The van der Waals surface area contributed by atoms with Crippen molar-refractivity contribution in [3.05, 3.63) is 102 Å². The Kier molecular flexibility index (Phi) is 7.67. The molecule has 7 nitrogen and oxygen atoms in total. The molecular weight excluding hydrogens is 474 g/mol. The molecule has 0 radical (unpaired) electrons. The number of carbonyl (C=O) groups excluding carboxylic acids is 2. The highest BCUT2D eigenvalue weighted by atomic mass is 35.5.